The van der Waals surface area contributed by atoms with Gasteiger partial charge in [-0.1, -0.05) is 24.3 Å². The highest BCUT2D eigenvalue weighted by atomic mass is 16.5. The number of anilines is 1. The molecule has 0 saturated carbocycles. The van der Waals surface area contributed by atoms with Crippen LogP contribution in [0.15, 0.2) is 48.5 Å². The highest BCUT2D eigenvalue weighted by molar-refractivity contribution is 5.93. The Balaban J connectivity index is 1.51. The first kappa shape index (κ1) is 18.6. The van der Waals surface area contributed by atoms with Crippen molar-refractivity contribution in [1.82, 2.24) is 4.90 Å². The van der Waals surface area contributed by atoms with Crippen molar-refractivity contribution < 1.29 is 24.2 Å². The van der Waals surface area contributed by atoms with Crippen molar-refractivity contribution in [2.75, 3.05) is 44.8 Å². The lowest BCUT2D eigenvalue weighted by Gasteiger charge is -2.36. The number of methoxy groups -OCH3 is 1. The first-order valence-corrected chi connectivity index (χ1v) is 8.71. The van der Waals surface area contributed by atoms with Crippen LogP contribution in [0.5, 0.6) is 11.5 Å². The van der Waals surface area contributed by atoms with Gasteiger partial charge < -0.3 is 24.4 Å². The van der Waals surface area contributed by atoms with Crippen molar-refractivity contribution >= 4 is 17.6 Å². The minimum absolute atomic E-state index is 0.0475. The van der Waals surface area contributed by atoms with Gasteiger partial charge in [0.15, 0.2) is 6.61 Å². The number of carbonyl (C=O) groups is 2. The van der Waals surface area contributed by atoms with Crippen LogP contribution < -0.4 is 9.64 Å². The molecule has 7 nitrogen and oxygen atoms in total. The Hall–Kier alpha value is -3.22. The predicted octanol–water partition coefficient (Wildman–Crippen LogP) is 1.91. The van der Waals surface area contributed by atoms with Crippen LogP contribution in [0.25, 0.3) is 0 Å². The van der Waals surface area contributed by atoms with Crippen molar-refractivity contribution in [1.29, 1.82) is 0 Å². The highest BCUT2D eigenvalue weighted by Gasteiger charge is 2.24. The van der Waals surface area contributed by atoms with E-state index in [-0.39, 0.29) is 23.8 Å². The van der Waals surface area contributed by atoms with Gasteiger partial charge in [-0.2, -0.15) is 0 Å². The lowest BCUT2D eigenvalue weighted by Crippen LogP contribution is -2.50. The number of ether oxygens (including phenoxy) is 2. The molecule has 0 radical (unpaired) electrons. The highest BCUT2D eigenvalue weighted by Crippen LogP contribution is 2.28. The molecular weight excluding hydrogens is 348 g/mol. The molecule has 1 aliphatic heterocycles. The zero-order chi connectivity index (χ0) is 19.2. The second-order valence-electron chi connectivity index (χ2n) is 6.13. The molecule has 0 atom stereocenters. The van der Waals surface area contributed by atoms with Crippen molar-refractivity contribution in [3.8, 4) is 11.5 Å². The second-order valence-corrected chi connectivity index (χ2v) is 6.13. The van der Waals surface area contributed by atoms with Gasteiger partial charge in [-0.15, -0.1) is 0 Å². The summed E-state index contributed by atoms with van der Waals surface area (Å²) < 4.78 is 10.4. The summed E-state index contributed by atoms with van der Waals surface area (Å²) in [4.78, 5) is 28.1. The average molecular weight is 370 g/mol. The molecule has 1 heterocycles. The maximum atomic E-state index is 12.3. The van der Waals surface area contributed by atoms with Crippen LogP contribution in [0.3, 0.4) is 0 Å². The van der Waals surface area contributed by atoms with E-state index in [2.05, 4.69) is 4.90 Å². The monoisotopic (exact) mass is 370 g/mol. The minimum Gasteiger partial charge on any atom is -0.507 e. The van der Waals surface area contributed by atoms with Crippen molar-refractivity contribution in [3.05, 3.63) is 54.1 Å². The van der Waals surface area contributed by atoms with Crippen LogP contribution in [0, 0.1) is 0 Å². The van der Waals surface area contributed by atoms with Gasteiger partial charge in [-0.25, -0.2) is 4.79 Å². The summed E-state index contributed by atoms with van der Waals surface area (Å²) in [6, 6.07) is 13.8. The number of hydrogen-bond acceptors (Lipinski definition) is 6. The number of piperazine rings is 1. The third kappa shape index (κ3) is 4.31. The van der Waals surface area contributed by atoms with Gasteiger partial charge >= 0.3 is 5.97 Å². The van der Waals surface area contributed by atoms with Gasteiger partial charge in [0.2, 0.25) is 0 Å². The first-order chi connectivity index (χ1) is 13.1. The molecule has 0 unspecified atom stereocenters. The molecule has 0 aliphatic carbocycles. The maximum absolute atomic E-state index is 12.3. The smallest absolute Gasteiger partial charge is 0.342 e. The molecule has 27 heavy (non-hydrogen) atoms. The lowest BCUT2D eigenvalue weighted by atomic mass is 10.2. The minimum atomic E-state index is -0.714. The Kier molecular flexibility index (Phi) is 5.80. The van der Waals surface area contributed by atoms with Crippen LogP contribution in [0.2, 0.25) is 0 Å². The zero-order valence-corrected chi connectivity index (χ0v) is 15.1. The van der Waals surface area contributed by atoms with E-state index in [1.807, 2.05) is 24.3 Å². The Labute approximate surface area is 157 Å². The van der Waals surface area contributed by atoms with Gasteiger partial charge in [-0.3, -0.25) is 4.79 Å². The summed E-state index contributed by atoms with van der Waals surface area (Å²) in [5.74, 6) is -0.332. The summed E-state index contributed by atoms with van der Waals surface area (Å²) in [6.45, 7) is 2.05. The molecule has 2 aromatic carbocycles. The number of para-hydroxylation sites is 3. The fraction of sp³-hybridized carbons (Fsp3) is 0.300. The zero-order valence-electron chi connectivity index (χ0n) is 15.1. The summed E-state index contributed by atoms with van der Waals surface area (Å²) in [5, 5.41) is 9.66. The van der Waals surface area contributed by atoms with Crippen LogP contribution in [-0.2, 0) is 9.53 Å². The van der Waals surface area contributed by atoms with Gasteiger partial charge in [0.1, 0.15) is 17.1 Å². The molecule has 0 spiro atoms. The van der Waals surface area contributed by atoms with Crippen LogP contribution in [0.4, 0.5) is 5.69 Å². The molecular formula is C20H22N2O5. The molecule has 1 aliphatic rings. The van der Waals surface area contributed by atoms with Crippen molar-refractivity contribution in [2.45, 2.75) is 0 Å². The SMILES string of the molecule is COc1ccccc1N1CCN(C(=O)COC(=O)c2ccccc2O)CC1. The summed E-state index contributed by atoms with van der Waals surface area (Å²) in [6.07, 6.45) is 0. The van der Waals surface area contributed by atoms with E-state index in [0.717, 1.165) is 11.4 Å². The number of benzene rings is 2. The number of phenolic OH excluding ortho intramolecular Hbond substituents is 1. The van der Waals surface area contributed by atoms with E-state index < -0.39 is 5.97 Å². The normalized spacial score (nSPS) is 14.0. The number of phenols is 1. The number of amides is 1. The first-order valence-electron chi connectivity index (χ1n) is 8.71. The summed E-state index contributed by atoms with van der Waals surface area (Å²) >= 11 is 0. The van der Waals surface area contributed by atoms with E-state index >= 15 is 0 Å². The van der Waals surface area contributed by atoms with E-state index in [0.29, 0.717) is 26.2 Å². The molecule has 0 bridgehead atoms. The molecule has 1 amide bonds. The predicted molar refractivity (Wildman–Crippen MR) is 100 cm³/mol. The van der Waals surface area contributed by atoms with E-state index in [4.69, 9.17) is 9.47 Å². The van der Waals surface area contributed by atoms with Gasteiger partial charge in [0.25, 0.3) is 5.91 Å². The van der Waals surface area contributed by atoms with E-state index in [1.54, 1.807) is 24.1 Å². The fourth-order valence-corrected chi connectivity index (χ4v) is 3.03. The number of hydrogen-bond donors (Lipinski definition) is 1. The van der Waals surface area contributed by atoms with Gasteiger partial charge in [0, 0.05) is 26.2 Å². The molecule has 142 valence electrons. The van der Waals surface area contributed by atoms with Gasteiger partial charge in [0.05, 0.1) is 12.8 Å². The summed E-state index contributed by atoms with van der Waals surface area (Å²) in [7, 11) is 1.64. The number of carbonyl (C=O) groups excluding carboxylic acids is 2. The number of rotatable bonds is 5. The Morgan fingerprint density at radius 3 is 2.37 bits per heavy atom. The van der Waals surface area contributed by atoms with E-state index in [1.165, 1.54) is 12.1 Å². The molecule has 2 aromatic rings. The molecule has 3 rings (SSSR count). The lowest BCUT2D eigenvalue weighted by molar-refractivity contribution is -0.134. The molecule has 1 saturated heterocycles. The third-order valence-corrected chi connectivity index (χ3v) is 4.51. The van der Waals surface area contributed by atoms with Crippen LogP contribution in [-0.4, -0.2) is 61.8 Å². The number of nitrogens with zero attached hydrogens (tertiary/aromatic N) is 2. The quantitative estimate of drug-likeness (QED) is 0.810. The van der Waals surface area contributed by atoms with Crippen LogP contribution in [0.1, 0.15) is 10.4 Å². The third-order valence-electron chi connectivity index (χ3n) is 4.51. The Bertz CT molecular complexity index is 816. The van der Waals surface area contributed by atoms with Crippen molar-refractivity contribution in [2.24, 2.45) is 0 Å². The molecule has 0 aromatic heterocycles. The summed E-state index contributed by atoms with van der Waals surface area (Å²) in [5.41, 5.74) is 1.05. The number of esters is 1. The molecule has 7 heteroatoms. The molecule has 1 fully saturated rings. The largest absolute Gasteiger partial charge is 0.507 e. The van der Waals surface area contributed by atoms with Crippen LogP contribution >= 0.6 is 0 Å². The number of aromatic hydroxyl groups is 1. The topological polar surface area (TPSA) is 79.3 Å². The maximum Gasteiger partial charge on any atom is 0.342 e. The Morgan fingerprint density at radius 2 is 1.67 bits per heavy atom. The van der Waals surface area contributed by atoms with Crippen molar-refractivity contribution in [3.63, 3.8) is 0 Å². The fourth-order valence-electron chi connectivity index (χ4n) is 3.03. The van der Waals surface area contributed by atoms with E-state index in [9.17, 15) is 14.7 Å². The average Bonchev–Trinajstić information content (AvgIpc) is 2.72. The molecule has 1 N–H and O–H groups in total. The standard InChI is InChI=1S/C20H22N2O5/c1-26-18-9-5-3-7-16(18)21-10-12-22(13-11-21)19(24)14-27-20(25)15-6-2-4-8-17(15)23/h2-9,23H,10-14H2,1H3. The second kappa shape index (κ2) is 8.44. The Morgan fingerprint density at radius 1 is 1.00 bits per heavy atom. The van der Waals surface area contributed by atoms with Gasteiger partial charge in [-0.05, 0) is 24.3 Å².